The molecule has 2 aromatic rings. The summed E-state index contributed by atoms with van der Waals surface area (Å²) >= 11 is 0. The number of rotatable bonds is 4. The first-order valence-electron chi connectivity index (χ1n) is 7.00. The lowest BCUT2D eigenvalue weighted by atomic mass is 10.3. The summed E-state index contributed by atoms with van der Waals surface area (Å²) in [5.74, 6) is 0.416. The van der Waals surface area contributed by atoms with E-state index in [9.17, 15) is 4.79 Å². The summed E-state index contributed by atoms with van der Waals surface area (Å²) in [6, 6.07) is 3.37. The van der Waals surface area contributed by atoms with Crippen molar-refractivity contribution in [2.24, 2.45) is 0 Å². The molecule has 1 aliphatic rings. The molecule has 1 saturated heterocycles. The Kier molecular flexibility index (Phi) is 4.12. The van der Waals surface area contributed by atoms with Gasteiger partial charge in [-0.2, -0.15) is 5.10 Å². The van der Waals surface area contributed by atoms with Gasteiger partial charge in [0.15, 0.2) is 11.5 Å². The Morgan fingerprint density at radius 2 is 2.24 bits per heavy atom. The van der Waals surface area contributed by atoms with Gasteiger partial charge in [-0.3, -0.25) is 4.90 Å². The van der Waals surface area contributed by atoms with Crippen molar-refractivity contribution >= 4 is 11.6 Å². The average Bonchev–Trinajstić information content (AvgIpc) is 2.95. The normalized spacial score (nSPS) is 16.2. The van der Waals surface area contributed by atoms with Crippen molar-refractivity contribution in [2.75, 3.05) is 40.0 Å². The largest absolute Gasteiger partial charge is 0.465 e. The van der Waals surface area contributed by atoms with Gasteiger partial charge < -0.3 is 9.47 Å². The lowest BCUT2D eigenvalue weighted by molar-refractivity contribution is 0.0382. The molecular formula is C14H18N4O3. The van der Waals surface area contributed by atoms with Crippen LogP contribution in [0.1, 0.15) is 16.2 Å². The second kappa shape index (κ2) is 6.19. The number of aromatic nitrogens is 3. The molecule has 21 heavy (non-hydrogen) atoms. The summed E-state index contributed by atoms with van der Waals surface area (Å²) < 4.78 is 11.7. The van der Waals surface area contributed by atoms with Crippen LogP contribution in [-0.4, -0.2) is 65.4 Å². The van der Waals surface area contributed by atoms with Crippen LogP contribution in [0.5, 0.6) is 0 Å². The number of hydrogen-bond donors (Lipinski definition) is 0. The molecule has 7 heteroatoms. The minimum Gasteiger partial charge on any atom is -0.465 e. The summed E-state index contributed by atoms with van der Waals surface area (Å²) in [6.07, 6.45) is 2.52. The van der Waals surface area contributed by atoms with Gasteiger partial charge in [-0.15, -0.1) is 0 Å². The predicted molar refractivity (Wildman–Crippen MR) is 75.3 cm³/mol. The molecule has 7 nitrogen and oxygen atoms in total. The second-order valence-corrected chi connectivity index (χ2v) is 4.94. The summed E-state index contributed by atoms with van der Waals surface area (Å²) in [5, 5.41) is 4.42. The number of pyridine rings is 1. The molecule has 2 aromatic heterocycles. The van der Waals surface area contributed by atoms with Gasteiger partial charge in [0.2, 0.25) is 0 Å². The van der Waals surface area contributed by atoms with E-state index >= 15 is 0 Å². The van der Waals surface area contributed by atoms with Crippen molar-refractivity contribution < 1.29 is 14.3 Å². The number of fused-ring (bicyclic) bond motifs is 1. The van der Waals surface area contributed by atoms with Crippen LogP contribution in [-0.2, 0) is 15.9 Å². The number of morpholine rings is 1. The fourth-order valence-corrected chi connectivity index (χ4v) is 2.36. The summed E-state index contributed by atoms with van der Waals surface area (Å²) in [6.45, 7) is 4.42. The van der Waals surface area contributed by atoms with E-state index in [1.165, 1.54) is 7.11 Å². The number of ether oxygens (including phenoxy) is 2. The van der Waals surface area contributed by atoms with Crippen LogP contribution in [0.2, 0.25) is 0 Å². The highest BCUT2D eigenvalue weighted by atomic mass is 16.5. The minimum absolute atomic E-state index is 0.365. The Morgan fingerprint density at radius 3 is 3.00 bits per heavy atom. The maximum Gasteiger partial charge on any atom is 0.338 e. The molecule has 0 atom stereocenters. The molecular weight excluding hydrogens is 272 g/mol. The van der Waals surface area contributed by atoms with E-state index in [2.05, 4.69) is 15.0 Å². The van der Waals surface area contributed by atoms with Gasteiger partial charge in [-0.05, 0) is 12.1 Å². The van der Waals surface area contributed by atoms with Crippen LogP contribution >= 0.6 is 0 Å². The highest BCUT2D eigenvalue weighted by Crippen LogP contribution is 2.08. The van der Waals surface area contributed by atoms with Gasteiger partial charge in [0.1, 0.15) is 0 Å². The first-order valence-corrected chi connectivity index (χ1v) is 7.00. The highest BCUT2D eigenvalue weighted by Gasteiger charge is 2.13. The Hall–Kier alpha value is -1.99. The number of carbonyl (C=O) groups is 1. The SMILES string of the molecule is COC(=O)c1ccn2nc(CCN3CCOCC3)nc2c1. The van der Waals surface area contributed by atoms with E-state index in [4.69, 9.17) is 9.47 Å². The van der Waals surface area contributed by atoms with Gasteiger partial charge in [-0.25, -0.2) is 14.3 Å². The molecule has 0 N–H and O–H groups in total. The molecule has 3 heterocycles. The first-order chi connectivity index (χ1) is 10.3. The third kappa shape index (κ3) is 3.20. The molecule has 0 saturated carbocycles. The molecule has 0 bridgehead atoms. The maximum absolute atomic E-state index is 11.5. The smallest absolute Gasteiger partial charge is 0.338 e. The maximum atomic E-state index is 11.5. The monoisotopic (exact) mass is 290 g/mol. The van der Waals surface area contributed by atoms with Crippen LogP contribution in [0.4, 0.5) is 0 Å². The first kappa shape index (κ1) is 14.0. The molecule has 1 fully saturated rings. The van der Waals surface area contributed by atoms with Crippen LogP contribution in [0, 0.1) is 0 Å². The summed E-state index contributed by atoms with van der Waals surface area (Å²) in [5.41, 5.74) is 1.15. The Morgan fingerprint density at radius 1 is 1.43 bits per heavy atom. The number of carbonyl (C=O) groups excluding carboxylic acids is 1. The minimum atomic E-state index is -0.365. The van der Waals surface area contributed by atoms with E-state index in [1.54, 1.807) is 22.8 Å². The van der Waals surface area contributed by atoms with Crippen LogP contribution < -0.4 is 0 Å². The quantitative estimate of drug-likeness (QED) is 0.759. The fourth-order valence-electron chi connectivity index (χ4n) is 2.36. The van der Waals surface area contributed by atoms with Crippen molar-refractivity contribution in [3.8, 4) is 0 Å². The van der Waals surface area contributed by atoms with Crippen LogP contribution in [0.15, 0.2) is 18.3 Å². The van der Waals surface area contributed by atoms with E-state index < -0.39 is 0 Å². The zero-order valence-electron chi connectivity index (χ0n) is 12.0. The third-order valence-electron chi connectivity index (χ3n) is 3.56. The van der Waals surface area contributed by atoms with Crippen molar-refractivity contribution in [3.63, 3.8) is 0 Å². The Bertz CT molecular complexity index is 634. The summed E-state index contributed by atoms with van der Waals surface area (Å²) in [4.78, 5) is 18.3. The Labute approximate surface area is 122 Å². The van der Waals surface area contributed by atoms with E-state index in [0.29, 0.717) is 11.2 Å². The molecule has 112 valence electrons. The Balaban J connectivity index is 1.70. The number of nitrogens with zero attached hydrogens (tertiary/aromatic N) is 4. The molecule has 0 radical (unpaired) electrons. The van der Waals surface area contributed by atoms with E-state index in [-0.39, 0.29) is 5.97 Å². The number of hydrogen-bond acceptors (Lipinski definition) is 6. The number of methoxy groups -OCH3 is 1. The predicted octanol–water partition coefficient (Wildman–Crippen LogP) is 0.391. The topological polar surface area (TPSA) is 69.0 Å². The molecule has 0 spiro atoms. The number of esters is 1. The van der Waals surface area contributed by atoms with E-state index in [1.807, 2.05) is 0 Å². The highest BCUT2D eigenvalue weighted by molar-refractivity contribution is 5.90. The third-order valence-corrected chi connectivity index (χ3v) is 3.56. The molecule has 0 unspecified atom stereocenters. The molecule has 0 amide bonds. The zero-order chi connectivity index (χ0) is 14.7. The lowest BCUT2D eigenvalue weighted by Gasteiger charge is -2.25. The lowest BCUT2D eigenvalue weighted by Crippen LogP contribution is -2.37. The molecule has 0 aliphatic carbocycles. The molecule has 3 rings (SSSR count). The fraction of sp³-hybridized carbons (Fsp3) is 0.500. The van der Waals surface area contributed by atoms with Gasteiger partial charge in [0.05, 0.1) is 25.9 Å². The standard InChI is InChI=1S/C14H18N4O3/c1-20-14(19)11-2-5-18-13(10-11)15-12(16-18)3-4-17-6-8-21-9-7-17/h2,5,10H,3-4,6-9H2,1H3. The van der Waals surface area contributed by atoms with Gasteiger partial charge >= 0.3 is 5.97 Å². The average molecular weight is 290 g/mol. The van der Waals surface area contributed by atoms with Crippen molar-refractivity contribution in [3.05, 3.63) is 29.7 Å². The van der Waals surface area contributed by atoms with E-state index in [0.717, 1.165) is 45.1 Å². The van der Waals surface area contributed by atoms with Gasteiger partial charge in [0, 0.05) is 32.3 Å². The van der Waals surface area contributed by atoms with Crippen molar-refractivity contribution in [1.29, 1.82) is 0 Å². The van der Waals surface area contributed by atoms with Crippen LogP contribution in [0.3, 0.4) is 0 Å². The zero-order valence-corrected chi connectivity index (χ0v) is 12.0. The molecule has 0 aromatic carbocycles. The van der Waals surface area contributed by atoms with Crippen LogP contribution in [0.25, 0.3) is 5.65 Å². The van der Waals surface area contributed by atoms with Crippen molar-refractivity contribution in [1.82, 2.24) is 19.5 Å². The van der Waals surface area contributed by atoms with Gasteiger partial charge in [0.25, 0.3) is 0 Å². The molecule has 1 aliphatic heterocycles. The summed E-state index contributed by atoms with van der Waals surface area (Å²) in [7, 11) is 1.37. The second-order valence-electron chi connectivity index (χ2n) is 4.94. The van der Waals surface area contributed by atoms with Crippen molar-refractivity contribution in [2.45, 2.75) is 6.42 Å². The van der Waals surface area contributed by atoms with Gasteiger partial charge in [-0.1, -0.05) is 0 Å².